The lowest BCUT2D eigenvalue weighted by atomic mass is 10.1. The molecular weight excluding hydrogens is 346 g/mol. The van der Waals surface area contributed by atoms with Crippen molar-refractivity contribution in [1.82, 2.24) is 20.8 Å². The van der Waals surface area contributed by atoms with Crippen molar-refractivity contribution in [2.75, 3.05) is 6.54 Å². The summed E-state index contributed by atoms with van der Waals surface area (Å²) < 4.78 is 4.97. The lowest BCUT2D eigenvalue weighted by Crippen LogP contribution is -2.45. The van der Waals surface area contributed by atoms with Gasteiger partial charge in [0.05, 0.1) is 12.6 Å². The molecule has 0 aliphatic rings. The van der Waals surface area contributed by atoms with Crippen LogP contribution in [0.2, 0.25) is 0 Å². The lowest BCUT2D eigenvalue weighted by Gasteiger charge is -2.14. The van der Waals surface area contributed by atoms with Crippen molar-refractivity contribution in [3.8, 4) is 0 Å². The largest absolute Gasteiger partial charge is 0.480 e. The van der Waals surface area contributed by atoms with E-state index in [-0.39, 0.29) is 31.1 Å². The number of hydrogen-bond donors (Lipinski definition) is 7. The van der Waals surface area contributed by atoms with Crippen molar-refractivity contribution in [2.24, 2.45) is 17.2 Å². The molecule has 148 valence electrons. The molecule has 12 heteroatoms. The van der Waals surface area contributed by atoms with Crippen molar-refractivity contribution >= 4 is 12.0 Å². The molecule has 0 saturated heterocycles. The van der Waals surface area contributed by atoms with E-state index in [1.54, 1.807) is 0 Å². The Morgan fingerprint density at radius 3 is 2.54 bits per heavy atom. The minimum Gasteiger partial charge on any atom is -0.480 e. The van der Waals surface area contributed by atoms with E-state index < -0.39 is 30.3 Å². The highest BCUT2D eigenvalue weighted by atomic mass is 16.5. The number of urea groups is 1. The molecule has 1 heterocycles. The van der Waals surface area contributed by atoms with Gasteiger partial charge in [-0.2, -0.15) is 4.98 Å². The van der Waals surface area contributed by atoms with E-state index in [1.807, 2.05) is 0 Å². The van der Waals surface area contributed by atoms with E-state index >= 15 is 0 Å². The standard InChI is InChI=1S/C14H27N7O5/c15-6-2-1-3-9(13(23)24)19-14(25)18-7-11-20-12(21-26-11)8(16)4-5-10(17)22/h8-10,22H,1-7,15-17H2,(H,23,24)(H2,18,19,25)/t8-,9-,10?/m0/s1. The zero-order valence-corrected chi connectivity index (χ0v) is 14.4. The third kappa shape index (κ3) is 8.20. The number of carbonyl (C=O) groups excluding carboxylic acids is 1. The molecule has 0 aliphatic heterocycles. The molecule has 1 unspecified atom stereocenters. The highest BCUT2D eigenvalue weighted by Gasteiger charge is 2.20. The monoisotopic (exact) mass is 373 g/mol. The molecule has 1 aromatic heterocycles. The van der Waals surface area contributed by atoms with Gasteiger partial charge >= 0.3 is 12.0 Å². The number of nitrogens with two attached hydrogens (primary N) is 3. The first-order valence-corrected chi connectivity index (χ1v) is 8.32. The van der Waals surface area contributed by atoms with Gasteiger partial charge in [0.15, 0.2) is 5.82 Å². The fraction of sp³-hybridized carbons (Fsp3) is 0.714. The SMILES string of the molecule is NCCCC[C@H](NC(=O)NCc1nc([C@@H](N)CCC(N)O)no1)C(=O)O. The second kappa shape index (κ2) is 11.4. The van der Waals surface area contributed by atoms with Crippen molar-refractivity contribution < 1.29 is 24.3 Å². The summed E-state index contributed by atoms with van der Waals surface area (Å²) in [6.07, 6.45) is 1.24. The van der Waals surface area contributed by atoms with Crippen molar-refractivity contribution in [3.05, 3.63) is 11.7 Å². The predicted molar refractivity (Wildman–Crippen MR) is 90.4 cm³/mol. The van der Waals surface area contributed by atoms with Gasteiger partial charge in [0.1, 0.15) is 12.3 Å². The van der Waals surface area contributed by atoms with E-state index in [2.05, 4.69) is 20.8 Å². The number of aliphatic carboxylic acids is 1. The smallest absolute Gasteiger partial charge is 0.326 e. The topological polar surface area (TPSA) is 216 Å². The molecule has 1 rings (SSSR count). The Kier molecular flexibility index (Phi) is 9.51. The molecule has 3 atom stereocenters. The Morgan fingerprint density at radius 1 is 1.19 bits per heavy atom. The van der Waals surface area contributed by atoms with E-state index in [0.29, 0.717) is 25.8 Å². The molecule has 0 aromatic carbocycles. The van der Waals surface area contributed by atoms with Gasteiger partial charge in [-0.05, 0) is 38.6 Å². The van der Waals surface area contributed by atoms with Crippen LogP contribution < -0.4 is 27.8 Å². The maximum atomic E-state index is 11.8. The summed E-state index contributed by atoms with van der Waals surface area (Å²) in [6.45, 7) is 0.380. The van der Waals surface area contributed by atoms with Crippen LogP contribution in [0.3, 0.4) is 0 Å². The minimum absolute atomic E-state index is 0.0831. The Balaban J connectivity index is 2.43. The number of carboxylic acid groups (broad SMARTS) is 1. The average Bonchev–Trinajstić information content (AvgIpc) is 3.06. The summed E-state index contributed by atoms with van der Waals surface area (Å²) in [5.74, 6) is -0.771. The molecule has 0 bridgehead atoms. The van der Waals surface area contributed by atoms with Gasteiger partial charge in [0.2, 0.25) is 5.89 Å². The molecule has 0 radical (unpaired) electrons. The van der Waals surface area contributed by atoms with Gasteiger partial charge in [0.25, 0.3) is 0 Å². The van der Waals surface area contributed by atoms with Crippen LogP contribution in [0.1, 0.15) is 49.9 Å². The van der Waals surface area contributed by atoms with Crippen molar-refractivity contribution in [3.63, 3.8) is 0 Å². The number of amides is 2. The molecule has 0 aliphatic carbocycles. The first-order valence-electron chi connectivity index (χ1n) is 8.32. The summed E-state index contributed by atoms with van der Waals surface area (Å²) in [5, 5.41) is 26.6. The van der Waals surface area contributed by atoms with Crippen LogP contribution in [-0.2, 0) is 11.3 Å². The molecule has 0 saturated carbocycles. The first kappa shape index (κ1) is 21.8. The van der Waals surface area contributed by atoms with E-state index in [9.17, 15) is 9.59 Å². The maximum absolute atomic E-state index is 11.8. The van der Waals surface area contributed by atoms with Crippen LogP contribution >= 0.6 is 0 Å². The average molecular weight is 373 g/mol. The fourth-order valence-electron chi connectivity index (χ4n) is 2.09. The normalized spacial score (nSPS) is 14.5. The van der Waals surface area contributed by atoms with Crippen molar-refractivity contribution in [1.29, 1.82) is 0 Å². The second-order valence-electron chi connectivity index (χ2n) is 5.80. The van der Waals surface area contributed by atoms with Crippen LogP contribution in [0.5, 0.6) is 0 Å². The zero-order valence-electron chi connectivity index (χ0n) is 14.4. The van der Waals surface area contributed by atoms with E-state index in [4.69, 9.17) is 31.9 Å². The van der Waals surface area contributed by atoms with Gasteiger partial charge in [-0.3, -0.25) is 0 Å². The highest BCUT2D eigenvalue weighted by Crippen LogP contribution is 2.12. The third-order valence-electron chi connectivity index (χ3n) is 3.54. The molecule has 0 spiro atoms. The zero-order chi connectivity index (χ0) is 19.5. The highest BCUT2D eigenvalue weighted by molar-refractivity contribution is 5.82. The van der Waals surface area contributed by atoms with Gasteiger partial charge in [-0.25, -0.2) is 9.59 Å². The number of nitrogens with zero attached hydrogens (tertiary/aromatic N) is 2. The van der Waals surface area contributed by atoms with E-state index in [1.165, 1.54) is 0 Å². The van der Waals surface area contributed by atoms with Crippen LogP contribution in [-0.4, -0.2) is 51.2 Å². The molecule has 0 fully saturated rings. The van der Waals surface area contributed by atoms with Crippen molar-refractivity contribution in [2.45, 2.75) is 57.0 Å². The number of unbranched alkanes of at least 4 members (excludes halogenated alkanes) is 1. The third-order valence-corrected chi connectivity index (χ3v) is 3.54. The Morgan fingerprint density at radius 2 is 1.92 bits per heavy atom. The second-order valence-corrected chi connectivity index (χ2v) is 5.80. The number of aliphatic hydroxyl groups excluding tert-OH is 1. The maximum Gasteiger partial charge on any atom is 0.326 e. The first-order chi connectivity index (χ1) is 12.3. The summed E-state index contributed by atoms with van der Waals surface area (Å²) in [4.78, 5) is 27.0. The van der Waals surface area contributed by atoms with Gasteiger partial charge < -0.3 is 42.6 Å². The van der Waals surface area contributed by atoms with Crippen LogP contribution in [0.25, 0.3) is 0 Å². The van der Waals surface area contributed by atoms with Gasteiger partial charge in [0, 0.05) is 0 Å². The molecule has 26 heavy (non-hydrogen) atoms. The number of carbonyl (C=O) groups is 2. The molecule has 10 N–H and O–H groups in total. The van der Waals surface area contributed by atoms with Gasteiger partial charge in [-0.15, -0.1) is 0 Å². The summed E-state index contributed by atoms with van der Waals surface area (Å²) in [5.41, 5.74) is 16.4. The Labute approximate surface area is 150 Å². The number of aromatic nitrogens is 2. The van der Waals surface area contributed by atoms with Crippen LogP contribution in [0.4, 0.5) is 4.79 Å². The summed E-state index contributed by atoms with van der Waals surface area (Å²) >= 11 is 0. The number of nitrogens with one attached hydrogen (secondary N) is 2. The number of rotatable bonds is 12. The summed E-state index contributed by atoms with van der Waals surface area (Å²) in [7, 11) is 0. The van der Waals surface area contributed by atoms with Crippen LogP contribution in [0.15, 0.2) is 4.52 Å². The molecule has 2 amide bonds. The number of aliphatic hydroxyl groups is 1. The summed E-state index contributed by atoms with van der Waals surface area (Å²) in [6, 6.07) is -2.23. The predicted octanol–water partition coefficient (Wildman–Crippen LogP) is -1.49. The number of hydrogen-bond acceptors (Lipinski definition) is 9. The molecule has 12 nitrogen and oxygen atoms in total. The van der Waals surface area contributed by atoms with Crippen LogP contribution in [0, 0.1) is 0 Å². The minimum atomic E-state index is -1.12. The Hall–Kier alpha value is -2.28. The molecular formula is C14H27N7O5. The fourth-order valence-corrected chi connectivity index (χ4v) is 2.09. The quantitative estimate of drug-likeness (QED) is 0.166. The lowest BCUT2D eigenvalue weighted by molar-refractivity contribution is -0.139. The molecule has 1 aromatic rings. The number of carboxylic acids is 1. The Bertz CT molecular complexity index is 566. The van der Waals surface area contributed by atoms with Gasteiger partial charge in [-0.1, -0.05) is 5.16 Å². The van der Waals surface area contributed by atoms with E-state index in [0.717, 1.165) is 0 Å².